The molecule has 3 N–H and O–H groups in total. The molecule has 0 rings (SSSR count). The molecule has 1 unspecified atom stereocenters. The smallest absolute Gasteiger partial charge is 0.387 e. The number of quaternary nitrogens is 1. The fourth-order valence-electron chi connectivity index (χ4n) is 5.14. The fraction of sp³-hybridized carbons (Fsp3) is 0.795. The van der Waals surface area contributed by atoms with Crippen molar-refractivity contribution < 1.29 is 37.7 Å². The molecule has 1 amide bonds. The molecule has 286 valence electrons. The van der Waals surface area contributed by atoms with Crippen molar-refractivity contribution in [2.24, 2.45) is 0 Å². The van der Waals surface area contributed by atoms with Crippen LogP contribution in [0.5, 0.6) is 0 Å². The average molecular weight is 714 g/mol. The van der Waals surface area contributed by atoms with E-state index in [2.05, 4.69) is 25.2 Å². The number of aliphatic hydroxyl groups is 1. The predicted molar refractivity (Wildman–Crippen MR) is 203 cm³/mol. The molecule has 0 aromatic rings. The van der Waals surface area contributed by atoms with Crippen LogP contribution in [-0.4, -0.2) is 79.2 Å². The molecule has 0 aliphatic carbocycles. The van der Waals surface area contributed by atoms with Crippen LogP contribution < -0.4 is 5.32 Å². The highest BCUT2D eigenvalue weighted by atomic mass is 31.2. The molecule has 0 radical (unpaired) electrons. The number of ketones is 1. The first kappa shape index (κ1) is 47.4. The highest BCUT2D eigenvalue weighted by molar-refractivity contribution is 7.47. The zero-order valence-electron chi connectivity index (χ0n) is 31.9. The van der Waals surface area contributed by atoms with Crippen LogP contribution in [0.2, 0.25) is 0 Å². The number of likely N-dealkylation sites (N-methyl/N-ethyl adjacent to an activating group) is 1. The van der Waals surface area contributed by atoms with Gasteiger partial charge in [0, 0.05) is 12.8 Å². The monoisotopic (exact) mass is 714 g/mol. The molecule has 0 aromatic carbocycles. The quantitative estimate of drug-likeness (QED) is 0.0152. The van der Waals surface area contributed by atoms with Crippen LogP contribution >= 0.6 is 7.82 Å². The van der Waals surface area contributed by atoms with Crippen molar-refractivity contribution in [1.82, 2.24) is 5.32 Å². The number of phosphoric ester groups is 1. The second kappa shape index (κ2) is 31.2. The highest BCUT2D eigenvalue weighted by Crippen LogP contribution is 2.43. The van der Waals surface area contributed by atoms with Crippen molar-refractivity contribution in [2.75, 3.05) is 40.9 Å². The highest BCUT2D eigenvalue weighted by Gasteiger charge is 2.27. The third kappa shape index (κ3) is 33.3. The average Bonchev–Trinajstić information content (AvgIpc) is 3.03. The van der Waals surface area contributed by atoms with Crippen molar-refractivity contribution in [2.45, 2.75) is 161 Å². The third-order valence-corrected chi connectivity index (χ3v) is 9.31. The summed E-state index contributed by atoms with van der Waals surface area (Å²) in [5.41, 5.74) is 0. The fourth-order valence-corrected chi connectivity index (χ4v) is 5.87. The lowest BCUT2D eigenvalue weighted by atomic mass is 10.1. The van der Waals surface area contributed by atoms with Crippen LogP contribution in [0.3, 0.4) is 0 Å². The lowest BCUT2D eigenvalue weighted by molar-refractivity contribution is -0.870. The first-order chi connectivity index (χ1) is 23.4. The van der Waals surface area contributed by atoms with Gasteiger partial charge in [0.1, 0.15) is 13.2 Å². The summed E-state index contributed by atoms with van der Waals surface area (Å²) in [6.45, 7) is 4.58. The van der Waals surface area contributed by atoms with Gasteiger partial charge < -0.3 is 19.8 Å². The molecule has 10 heteroatoms. The number of nitrogens with zero attached hydrogens (tertiary/aromatic N) is 1. The second-order valence-electron chi connectivity index (χ2n) is 14.3. The van der Waals surface area contributed by atoms with E-state index in [0.29, 0.717) is 23.9 Å². The van der Waals surface area contributed by atoms with E-state index < -0.39 is 20.0 Å². The summed E-state index contributed by atoms with van der Waals surface area (Å²) in [6, 6.07) is -0.873. The SMILES string of the molecule is CCCCCCCCCCC/C=C/[C@@H](O)[C@H](COP(=O)(O)OCC[N+](C)(C)C)NC(=O)CCCCCCC/C=C\C=C\C(=O)CCCCC. The van der Waals surface area contributed by atoms with Crippen LogP contribution in [0, 0.1) is 0 Å². The van der Waals surface area contributed by atoms with Crippen molar-refractivity contribution in [3.05, 3.63) is 36.5 Å². The molecule has 49 heavy (non-hydrogen) atoms. The molecule has 0 aromatic heterocycles. The number of nitrogens with one attached hydrogen (secondary N) is 1. The number of carbonyl (C=O) groups excluding carboxylic acids is 2. The molecule has 0 bridgehead atoms. The summed E-state index contributed by atoms with van der Waals surface area (Å²) >= 11 is 0. The molecule has 0 heterocycles. The number of allylic oxidation sites excluding steroid dienone is 5. The summed E-state index contributed by atoms with van der Waals surface area (Å²) < 4.78 is 23.4. The van der Waals surface area contributed by atoms with Gasteiger partial charge in [-0.1, -0.05) is 128 Å². The second-order valence-corrected chi connectivity index (χ2v) is 15.8. The maximum absolute atomic E-state index is 12.8. The minimum absolute atomic E-state index is 0.0447. The van der Waals surface area contributed by atoms with Gasteiger partial charge in [-0.2, -0.15) is 0 Å². The van der Waals surface area contributed by atoms with Crippen molar-refractivity contribution in [3.8, 4) is 0 Å². The predicted octanol–water partition coefficient (Wildman–Crippen LogP) is 9.14. The van der Waals surface area contributed by atoms with Gasteiger partial charge in [-0.25, -0.2) is 4.57 Å². The largest absolute Gasteiger partial charge is 0.472 e. The summed E-state index contributed by atoms with van der Waals surface area (Å²) in [5, 5.41) is 13.7. The number of rotatable bonds is 34. The summed E-state index contributed by atoms with van der Waals surface area (Å²) in [4.78, 5) is 34.7. The Balaban J connectivity index is 4.60. The zero-order valence-corrected chi connectivity index (χ0v) is 32.8. The van der Waals surface area contributed by atoms with Crippen molar-refractivity contribution >= 4 is 19.5 Å². The van der Waals surface area contributed by atoms with Crippen LogP contribution in [0.4, 0.5) is 0 Å². The Morgan fingerprint density at radius 2 is 1.27 bits per heavy atom. The van der Waals surface area contributed by atoms with E-state index in [-0.39, 0.29) is 24.9 Å². The van der Waals surface area contributed by atoms with E-state index in [4.69, 9.17) is 9.05 Å². The maximum Gasteiger partial charge on any atom is 0.472 e. The van der Waals surface area contributed by atoms with Crippen LogP contribution in [0.25, 0.3) is 0 Å². The molecule has 0 saturated carbocycles. The van der Waals surface area contributed by atoms with E-state index >= 15 is 0 Å². The molecular formula is C39H74N2O7P+. The molecule has 0 aliphatic rings. The first-order valence-electron chi connectivity index (χ1n) is 19.3. The minimum Gasteiger partial charge on any atom is -0.387 e. The van der Waals surface area contributed by atoms with Crippen molar-refractivity contribution in [1.29, 1.82) is 0 Å². The zero-order chi connectivity index (χ0) is 36.6. The summed E-state index contributed by atoms with van der Waals surface area (Å²) in [5.74, 6) is -0.0394. The molecule has 0 fully saturated rings. The maximum atomic E-state index is 12.8. The molecule has 0 saturated heterocycles. The molecular weight excluding hydrogens is 639 g/mol. The number of amides is 1. The van der Waals surface area contributed by atoms with Gasteiger partial charge >= 0.3 is 7.82 Å². The van der Waals surface area contributed by atoms with E-state index in [1.165, 1.54) is 44.9 Å². The summed E-state index contributed by atoms with van der Waals surface area (Å²) in [7, 11) is 1.51. The Morgan fingerprint density at radius 3 is 1.88 bits per heavy atom. The molecule has 0 aliphatic heterocycles. The Morgan fingerprint density at radius 1 is 0.735 bits per heavy atom. The standard InChI is InChI=1S/C39H73N2O7P/c1-6-8-10-11-12-13-14-17-20-23-27-31-38(43)37(35-48-49(45,46)47-34-33-41(3,4)5)40-39(44)32-28-24-21-18-15-16-19-22-26-30-36(42)29-25-9-7-2/h19,22,26-27,30-31,37-38,43H,6-18,20-21,23-25,28-29,32-35H2,1-5H3,(H-,40,44,45,46)/p+1/b22-19-,30-26+,31-27+/t37-,38+/m0/s1. The summed E-state index contributed by atoms with van der Waals surface area (Å²) in [6.07, 6.45) is 31.8. The topological polar surface area (TPSA) is 122 Å². The number of phosphoric acid groups is 1. The Bertz CT molecular complexity index is 962. The van der Waals surface area contributed by atoms with Gasteiger partial charge in [-0.05, 0) is 44.6 Å². The third-order valence-electron chi connectivity index (χ3n) is 8.33. The number of hydrogen-bond acceptors (Lipinski definition) is 6. The lowest BCUT2D eigenvalue weighted by Gasteiger charge is -2.25. The minimum atomic E-state index is -4.35. The Labute approximate surface area is 300 Å². The van der Waals surface area contributed by atoms with E-state index in [1.807, 2.05) is 39.4 Å². The van der Waals surface area contributed by atoms with Gasteiger partial charge in [0.25, 0.3) is 0 Å². The van der Waals surface area contributed by atoms with E-state index in [1.54, 1.807) is 12.2 Å². The van der Waals surface area contributed by atoms with Gasteiger partial charge in [-0.3, -0.25) is 18.6 Å². The van der Waals surface area contributed by atoms with Gasteiger partial charge in [0.2, 0.25) is 5.91 Å². The van der Waals surface area contributed by atoms with Crippen LogP contribution in [0.1, 0.15) is 149 Å². The molecule has 3 atom stereocenters. The van der Waals surface area contributed by atoms with Gasteiger partial charge in [0.05, 0.1) is 39.9 Å². The number of aliphatic hydroxyl groups excluding tert-OH is 1. The number of unbranched alkanes of at least 4 members (excludes halogenated alkanes) is 16. The van der Waals surface area contributed by atoms with Crippen molar-refractivity contribution in [3.63, 3.8) is 0 Å². The molecule has 0 spiro atoms. The Kier molecular flexibility index (Phi) is 30.1. The van der Waals surface area contributed by atoms with Gasteiger partial charge in [-0.15, -0.1) is 0 Å². The normalized spacial score (nSPS) is 14.9. The lowest BCUT2D eigenvalue weighted by Crippen LogP contribution is -2.45. The van der Waals surface area contributed by atoms with E-state index in [9.17, 15) is 24.2 Å². The Hall–Kier alpha value is -1.61. The van der Waals surface area contributed by atoms with Crippen LogP contribution in [-0.2, 0) is 23.2 Å². The van der Waals surface area contributed by atoms with E-state index in [0.717, 1.165) is 77.0 Å². The number of carbonyl (C=O) groups is 2. The van der Waals surface area contributed by atoms with Crippen LogP contribution in [0.15, 0.2) is 36.5 Å². The first-order valence-corrected chi connectivity index (χ1v) is 20.8. The molecule has 9 nitrogen and oxygen atoms in total. The van der Waals surface area contributed by atoms with Gasteiger partial charge in [0.15, 0.2) is 5.78 Å². The number of hydrogen-bond donors (Lipinski definition) is 3.